The fourth-order valence-electron chi connectivity index (χ4n) is 1.79. The third-order valence-corrected chi connectivity index (χ3v) is 2.52. The maximum atomic E-state index is 13.1. The molecule has 14 heavy (non-hydrogen) atoms. The molecule has 0 bridgehead atoms. The van der Waals surface area contributed by atoms with Crippen LogP contribution in [0, 0.1) is 11.6 Å². The van der Waals surface area contributed by atoms with Crippen molar-refractivity contribution in [2.24, 2.45) is 0 Å². The standard InChI is InChI=1S/C10H12F2N2/c11-7-5-8(12)10(13)9(6-7)14-3-1-2-4-14/h5-6H,1-4,13H2. The lowest BCUT2D eigenvalue weighted by atomic mass is 10.2. The van der Waals surface area contributed by atoms with Crippen LogP contribution in [0.25, 0.3) is 0 Å². The monoisotopic (exact) mass is 198 g/mol. The highest BCUT2D eigenvalue weighted by Crippen LogP contribution is 2.29. The summed E-state index contributed by atoms with van der Waals surface area (Å²) >= 11 is 0. The van der Waals surface area contributed by atoms with Crippen molar-refractivity contribution >= 4 is 11.4 Å². The molecule has 1 aliphatic heterocycles. The van der Waals surface area contributed by atoms with Gasteiger partial charge < -0.3 is 10.6 Å². The van der Waals surface area contributed by atoms with E-state index in [0.29, 0.717) is 5.69 Å². The van der Waals surface area contributed by atoms with E-state index < -0.39 is 11.6 Å². The minimum Gasteiger partial charge on any atom is -0.395 e. The zero-order valence-corrected chi connectivity index (χ0v) is 7.76. The maximum Gasteiger partial charge on any atom is 0.151 e. The maximum absolute atomic E-state index is 13.1. The highest BCUT2D eigenvalue weighted by molar-refractivity contribution is 5.68. The van der Waals surface area contributed by atoms with Gasteiger partial charge in [0.2, 0.25) is 0 Å². The SMILES string of the molecule is Nc1c(F)cc(F)cc1N1CCCC1. The highest BCUT2D eigenvalue weighted by atomic mass is 19.1. The fraction of sp³-hybridized carbons (Fsp3) is 0.400. The van der Waals surface area contributed by atoms with Gasteiger partial charge in [0.25, 0.3) is 0 Å². The molecule has 1 saturated heterocycles. The third kappa shape index (κ3) is 1.52. The van der Waals surface area contributed by atoms with Crippen LogP contribution in [0.15, 0.2) is 12.1 Å². The normalized spacial score (nSPS) is 16.3. The molecule has 1 fully saturated rings. The van der Waals surface area contributed by atoms with Gasteiger partial charge >= 0.3 is 0 Å². The fourth-order valence-corrected chi connectivity index (χ4v) is 1.79. The van der Waals surface area contributed by atoms with Gasteiger partial charge in [-0.2, -0.15) is 0 Å². The van der Waals surface area contributed by atoms with Crippen LogP contribution in [0.5, 0.6) is 0 Å². The van der Waals surface area contributed by atoms with Crippen molar-refractivity contribution in [1.29, 1.82) is 0 Å². The first-order chi connectivity index (χ1) is 6.68. The van der Waals surface area contributed by atoms with Crippen molar-refractivity contribution in [3.8, 4) is 0 Å². The average Bonchev–Trinajstić information content (AvgIpc) is 2.63. The first-order valence-electron chi connectivity index (χ1n) is 4.68. The van der Waals surface area contributed by atoms with Crippen molar-refractivity contribution in [3.63, 3.8) is 0 Å². The zero-order chi connectivity index (χ0) is 10.1. The zero-order valence-electron chi connectivity index (χ0n) is 7.76. The van der Waals surface area contributed by atoms with Gasteiger partial charge in [0.15, 0.2) is 5.82 Å². The Morgan fingerprint density at radius 3 is 2.43 bits per heavy atom. The van der Waals surface area contributed by atoms with E-state index in [9.17, 15) is 8.78 Å². The molecule has 76 valence electrons. The summed E-state index contributed by atoms with van der Waals surface area (Å²) in [5.41, 5.74) is 6.08. The smallest absolute Gasteiger partial charge is 0.151 e. The molecule has 1 aromatic carbocycles. The Morgan fingerprint density at radius 2 is 1.79 bits per heavy atom. The van der Waals surface area contributed by atoms with Crippen molar-refractivity contribution in [1.82, 2.24) is 0 Å². The summed E-state index contributed by atoms with van der Waals surface area (Å²) in [4.78, 5) is 1.92. The molecule has 2 rings (SSSR count). The molecular formula is C10H12F2N2. The van der Waals surface area contributed by atoms with E-state index in [1.807, 2.05) is 4.90 Å². The first-order valence-corrected chi connectivity index (χ1v) is 4.68. The number of halogens is 2. The first kappa shape index (κ1) is 9.24. The third-order valence-electron chi connectivity index (χ3n) is 2.52. The number of anilines is 2. The van der Waals surface area contributed by atoms with Gasteiger partial charge in [-0.3, -0.25) is 0 Å². The second kappa shape index (κ2) is 3.44. The molecule has 0 atom stereocenters. The van der Waals surface area contributed by atoms with Gasteiger partial charge in [-0.25, -0.2) is 8.78 Å². The molecule has 0 saturated carbocycles. The molecule has 0 unspecified atom stereocenters. The molecule has 1 heterocycles. The van der Waals surface area contributed by atoms with Crippen LogP contribution < -0.4 is 10.6 Å². The Morgan fingerprint density at radius 1 is 1.14 bits per heavy atom. The van der Waals surface area contributed by atoms with E-state index in [1.54, 1.807) is 0 Å². The molecule has 2 N–H and O–H groups in total. The Balaban J connectivity index is 2.40. The number of nitrogens with zero attached hydrogens (tertiary/aromatic N) is 1. The van der Waals surface area contributed by atoms with E-state index in [1.165, 1.54) is 6.07 Å². The van der Waals surface area contributed by atoms with Crippen LogP contribution in [-0.4, -0.2) is 13.1 Å². The summed E-state index contributed by atoms with van der Waals surface area (Å²) in [5.74, 6) is -1.24. The van der Waals surface area contributed by atoms with Gasteiger partial charge in [-0.05, 0) is 18.9 Å². The average molecular weight is 198 g/mol. The van der Waals surface area contributed by atoms with Gasteiger partial charge in [0.05, 0.1) is 11.4 Å². The summed E-state index contributed by atoms with van der Waals surface area (Å²) in [5, 5.41) is 0. The van der Waals surface area contributed by atoms with Crippen LogP contribution >= 0.6 is 0 Å². The van der Waals surface area contributed by atoms with Gasteiger partial charge in [-0.15, -0.1) is 0 Å². The summed E-state index contributed by atoms with van der Waals surface area (Å²) in [6, 6.07) is 2.11. The summed E-state index contributed by atoms with van der Waals surface area (Å²) < 4.78 is 26.0. The van der Waals surface area contributed by atoms with Crippen molar-refractivity contribution in [3.05, 3.63) is 23.8 Å². The molecule has 1 aromatic rings. The van der Waals surface area contributed by atoms with Gasteiger partial charge in [0, 0.05) is 19.2 Å². The van der Waals surface area contributed by atoms with Gasteiger partial charge in [0.1, 0.15) is 5.82 Å². The number of nitrogens with two attached hydrogens (primary N) is 1. The molecule has 0 amide bonds. The molecule has 1 aliphatic rings. The Labute approximate surface area is 81.3 Å². The number of rotatable bonds is 1. The lowest BCUT2D eigenvalue weighted by Crippen LogP contribution is -2.19. The summed E-state index contributed by atoms with van der Waals surface area (Å²) in [6.07, 6.45) is 2.11. The van der Waals surface area contributed by atoms with E-state index >= 15 is 0 Å². The van der Waals surface area contributed by atoms with Crippen LogP contribution in [0.4, 0.5) is 20.2 Å². The molecular weight excluding hydrogens is 186 g/mol. The number of nitrogen functional groups attached to an aromatic ring is 1. The van der Waals surface area contributed by atoms with Crippen LogP contribution in [-0.2, 0) is 0 Å². The number of hydrogen-bond acceptors (Lipinski definition) is 2. The molecule has 0 aliphatic carbocycles. The van der Waals surface area contributed by atoms with E-state index in [2.05, 4.69) is 0 Å². The molecule has 2 nitrogen and oxygen atoms in total. The predicted molar refractivity (Wildman–Crippen MR) is 52.2 cm³/mol. The minimum atomic E-state index is -0.674. The van der Waals surface area contributed by atoms with Crippen LogP contribution in [0.3, 0.4) is 0 Å². The Bertz CT molecular complexity index is 346. The second-order valence-corrected chi connectivity index (χ2v) is 3.51. The number of hydrogen-bond donors (Lipinski definition) is 1. The molecule has 4 heteroatoms. The molecule has 0 radical (unpaired) electrons. The van der Waals surface area contributed by atoms with Crippen LogP contribution in [0.2, 0.25) is 0 Å². The van der Waals surface area contributed by atoms with Crippen molar-refractivity contribution < 1.29 is 8.78 Å². The van der Waals surface area contributed by atoms with E-state index in [-0.39, 0.29) is 5.69 Å². The minimum absolute atomic E-state index is 0.0494. The predicted octanol–water partition coefficient (Wildman–Crippen LogP) is 2.15. The summed E-state index contributed by atoms with van der Waals surface area (Å²) in [6.45, 7) is 1.65. The highest BCUT2D eigenvalue weighted by Gasteiger charge is 2.17. The van der Waals surface area contributed by atoms with E-state index in [4.69, 9.17) is 5.73 Å². The van der Waals surface area contributed by atoms with Crippen LogP contribution in [0.1, 0.15) is 12.8 Å². The number of benzene rings is 1. The Kier molecular flexibility index (Phi) is 2.27. The van der Waals surface area contributed by atoms with Crippen molar-refractivity contribution in [2.45, 2.75) is 12.8 Å². The van der Waals surface area contributed by atoms with E-state index in [0.717, 1.165) is 32.0 Å². The molecule has 0 aromatic heterocycles. The lowest BCUT2D eigenvalue weighted by Gasteiger charge is -2.19. The quantitative estimate of drug-likeness (QED) is 0.700. The Hall–Kier alpha value is -1.32. The second-order valence-electron chi connectivity index (χ2n) is 3.51. The van der Waals surface area contributed by atoms with Crippen molar-refractivity contribution in [2.75, 3.05) is 23.7 Å². The summed E-state index contributed by atoms with van der Waals surface area (Å²) in [7, 11) is 0. The molecule has 0 spiro atoms. The largest absolute Gasteiger partial charge is 0.395 e. The topological polar surface area (TPSA) is 29.3 Å². The lowest BCUT2D eigenvalue weighted by molar-refractivity contribution is 0.585. The van der Waals surface area contributed by atoms with Gasteiger partial charge in [-0.1, -0.05) is 0 Å².